The molecule has 1 aliphatic rings. The van der Waals surface area contributed by atoms with Gasteiger partial charge in [0.05, 0.1) is 25.5 Å². The third kappa shape index (κ3) is 3.22. The summed E-state index contributed by atoms with van der Waals surface area (Å²) < 4.78 is 9.80. The predicted octanol–water partition coefficient (Wildman–Crippen LogP) is 4.14. The minimum absolute atomic E-state index is 0.0501. The fourth-order valence-electron chi connectivity index (χ4n) is 3.86. The monoisotopic (exact) mass is 392 g/mol. The van der Waals surface area contributed by atoms with Crippen LogP contribution in [0.15, 0.2) is 41.6 Å². The van der Waals surface area contributed by atoms with Crippen molar-refractivity contribution >= 4 is 0 Å². The quantitative estimate of drug-likeness (QED) is 0.670. The highest BCUT2D eigenvalue weighted by atomic mass is 16.5. The fraction of sp³-hybridized carbons (Fsp3) is 0.391. The summed E-state index contributed by atoms with van der Waals surface area (Å²) in [7, 11) is 1.68. The summed E-state index contributed by atoms with van der Waals surface area (Å²) in [6, 6.07) is 6.55. The minimum Gasteiger partial charge on any atom is -0.496 e. The second kappa shape index (κ2) is 7.10. The maximum absolute atomic E-state index is 12.4. The highest BCUT2D eigenvalue weighted by Gasteiger charge is 2.26. The summed E-state index contributed by atoms with van der Waals surface area (Å²) in [4.78, 5) is 12.4. The number of fused-ring (bicyclic) bond motifs is 3. The molecule has 1 aromatic carbocycles. The topological polar surface area (TPSA) is 52.3 Å². The van der Waals surface area contributed by atoms with Gasteiger partial charge in [-0.1, -0.05) is 0 Å². The predicted molar refractivity (Wildman–Crippen MR) is 116 cm³/mol. The van der Waals surface area contributed by atoms with Gasteiger partial charge >= 0.3 is 0 Å². The first-order valence-corrected chi connectivity index (χ1v) is 10.1. The van der Waals surface area contributed by atoms with Crippen LogP contribution < -0.4 is 15.2 Å². The van der Waals surface area contributed by atoms with Crippen LogP contribution in [-0.2, 0) is 6.54 Å². The lowest BCUT2D eigenvalue weighted by Crippen LogP contribution is -2.43. The average Bonchev–Trinajstić information content (AvgIpc) is 3.17. The molecule has 0 atom stereocenters. The maximum Gasteiger partial charge on any atom is 0.185 e. The van der Waals surface area contributed by atoms with E-state index in [2.05, 4.69) is 60.8 Å². The SMILES string of the molecule is COc1cc2c(cc1-c1cnn(C(C)C)c1)CN(C(C)C)n1cc(C)c(=O)cc1-2. The van der Waals surface area contributed by atoms with Crippen molar-refractivity contribution in [3.05, 3.63) is 58.1 Å². The number of methoxy groups -OCH3 is 1. The van der Waals surface area contributed by atoms with Gasteiger partial charge in [0.25, 0.3) is 0 Å². The maximum atomic E-state index is 12.4. The lowest BCUT2D eigenvalue weighted by molar-refractivity contribution is 0.416. The smallest absolute Gasteiger partial charge is 0.185 e. The number of aryl methyl sites for hydroxylation is 1. The van der Waals surface area contributed by atoms with Crippen molar-refractivity contribution in [1.82, 2.24) is 14.5 Å². The number of rotatable bonds is 4. The number of hydrogen-bond acceptors (Lipinski definition) is 4. The third-order valence-corrected chi connectivity index (χ3v) is 5.57. The van der Waals surface area contributed by atoms with Crippen molar-refractivity contribution < 1.29 is 4.74 Å². The summed E-state index contributed by atoms with van der Waals surface area (Å²) >= 11 is 0. The van der Waals surface area contributed by atoms with Crippen molar-refractivity contribution in [1.29, 1.82) is 0 Å². The van der Waals surface area contributed by atoms with Crippen LogP contribution in [0.1, 0.15) is 44.9 Å². The summed E-state index contributed by atoms with van der Waals surface area (Å²) in [6.07, 6.45) is 5.88. The Bertz CT molecular complexity index is 1120. The largest absolute Gasteiger partial charge is 0.496 e. The van der Waals surface area contributed by atoms with Gasteiger partial charge in [0, 0.05) is 52.8 Å². The second-order valence-electron chi connectivity index (χ2n) is 8.25. The highest BCUT2D eigenvalue weighted by molar-refractivity contribution is 5.78. The zero-order valence-corrected chi connectivity index (χ0v) is 17.9. The Morgan fingerprint density at radius 3 is 2.41 bits per heavy atom. The zero-order valence-electron chi connectivity index (χ0n) is 17.9. The van der Waals surface area contributed by atoms with Crippen molar-refractivity contribution in [2.75, 3.05) is 12.1 Å². The van der Waals surface area contributed by atoms with Crippen LogP contribution >= 0.6 is 0 Å². The number of pyridine rings is 1. The molecule has 0 fully saturated rings. The van der Waals surface area contributed by atoms with Crippen LogP contribution in [0.2, 0.25) is 0 Å². The van der Waals surface area contributed by atoms with E-state index in [1.54, 1.807) is 13.2 Å². The van der Waals surface area contributed by atoms with Crippen molar-refractivity contribution in [2.45, 2.75) is 53.2 Å². The normalized spacial score (nSPS) is 13.0. The summed E-state index contributed by atoms with van der Waals surface area (Å²) in [5.41, 5.74) is 5.96. The van der Waals surface area contributed by atoms with Crippen LogP contribution in [0.4, 0.5) is 0 Å². The van der Waals surface area contributed by atoms with E-state index in [4.69, 9.17) is 4.74 Å². The molecule has 0 saturated carbocycles. The standard InChI is InChI=1S/C23H28N4O2/c1-14(2)25-12-18(10-24-25)20-7-17-13-26(15(3)4)27-11-16(5)22(28)9-21(27)19(17)8-23(20)29-6/h7-12,14-15H,13H2,1-6H3. The van der Waals surface area contributed by atoms with E-state index in [9.17, 15) is 4.79 Å². The van der Waals surface area contributed by atoms with Crippen molar-refractivity contribution in [3.8, 4) is 28.1 Å². The first-order chi connectivity index (χ1) is 13.8. The summed E-state index contributed by atoms with van der Waals surface area (Å²) in [6.45, 7) is 11.2. The minimum atomic E-state index is 0.0501. The average molecular weight is 393 g/mol. The van der Waals surface area contributed by atoms with Crippen LogP contribution in [0.3, 0.4) is 0 Å². The Morgan fingerprint density at radius 2 is 1.79 bits per heavy atom. The number of benzene rings is 1. The van der Waals surface area contributed by atoms with E-state index in [1.165, 1.54) is 5.56 Å². The van der Waals surface area contributed by atoms with Crippen LogP contribution in [0, 0.1) is 6.92 Å². The number of aromatic nitrogens is 3. The fourth-order valence-corrected chi connectivity index (χ4v) is 3.86. The van der Waals surface area contributed by atoms with E-state index < -0.39 is 0 Å². The van der Waals surface area contributed by atoms with Gasteiger partial charge < -0.3 is 9.75 Å². The molecule has 0 amide bonds. The van der Waals surface area contributed by atoms with E-state index in [-0.39, 0.29) is 11.5 Å². The molecule has 152 valence electrons. The van der Waals surface area contributed by atoms with E-state index >= 15 is 0 Å². The lowest BCUT2D eigenvalue weighted by atomic mass is 9.95. The van der Waals surface area contributed by atoms with E-state index in [0.29, 0.717) is 6.04 Å². The molecule has 3 heterocycles. The van der Waals surface area contributed by atoms with Gasteiger partial charge in [-0.3, -0.25) is 14.2 Å². The van der Waals surface area contributed by atoms with Gasteiger partial charge in [0.2, 0.25) is 0 Å². The summed E-state index contributed by atoms with van der Waals surface area (Å²) in [5.74, 6) is 0.782. The van der Waals surface area contributed by atoms with E-state index in [1.807, 2.05) is 24.0 Å². The molecule has 1 aliphatic heterocycles. The van der Waals surface area contributed by atoms with Gasteiger partial charge in [-0.2, -0.15) is 5.10 Å². The number of hydrogen-bond donors (Lipinski definition) is 0. The first-order valence-electron chi connectivity index (χ1n) is 10.1. The molecule has 0 aliphatic carbocycles. The third-order valence-electron chi connectivity index (χ3n) is 5.57. The van der Waals surface area contributed by atoms with Gasteiger partial charge in [-0.05, 0) is 52.3 Å². The van der Waals surface area contributed by atoms with Gasteiger partial charge in [0.1, 0.15) is 5.75 Å². The molecule has 0 saturated heterocycles. The lowest BCUT2D eigenvalue weighted by Gasteiger charge is -2.38. The molecular formula is C23H28N4O2. The molecule has 29 heavy (non-hydrogen) atoms. The molecule has 0 spiro atoms. The number of nitrogens with zero attached hydrogens (tertiary/aromatic N) is 4. The Balaban J connectivity index is 1.93. The number of ether oxygens (including phenoxy) is 1. The van der Waals surface area contributed by atoms with Crippen LogP contribution in [0.5, 0.6) is 5.75 Å². The Labute approximate surface area is 171 Å². The molecule has 0 unspecified atom stereocenters. The molecule has 6 heteroatoms. The molecule has 4 rings (SSSR count). The van der Waals surface area contributed by atoms with Gasteiger partial charge in [0.15, 0.2) is 5.43 Å². The highest BCUT2D eigenvalue weighted by Crippen LogP contribution is 2.39. The van der Waals surface area contributed by atoms with E-state index in [0.717, 1.165) is 40.2 Å². The van der Waals surface area contributed by atoms with Crippen molar-refractivity contribution in [2.24, 2.45) is 0 Å². The molecule has 2 aromatic heterocycles. The van der Waals surface area contributed by atoms with Gasteiger partial charge in [-0.25, -0.2) is 0 Å². The molecule has 0 bridgehead atoms. The Hall–Kier alpha value is -3.02. The second-order valence-corrected chi connectivity index (χ2v) is 8.25. The molecular weight excluding hydrogens is 364 g/mol. The molecule has 0 N–H and O–H groups in total. The molecule has 6 nitrogen and oxygen atoms in total. The van der Waals surface area contributed by atoms with Crippen molar-refractivity contribution in [3.63, 3.8) is 0 Å². The molecule has 0 radical (unpaired) electrons. The van der Waals surface area contributed by atoms with Crippen LogP contribution in [-0.4, -0.2) is 27.6 Å². The van der Waals surface area contributed by atoms with Crippen LogP contribution in [0.25, 0.3) is 22.4 Å². The molecule has 3 aromatic rings. The van der Waals surface area contributed by atoms with Gasteiger partial charge in [-0.15, -0.1) is 0 Å². The Kier molecular flexibility index (Phi) is 4.73. The Morgan fingerprint density at radius 1 is 1.03 bits per heavy atom. The first kappa shape index (κ1) is 19.3. The summed E-state index contributed by atoms with van der Waals surface area (Å²) in [5, 5.41) is 6.76. The zero-order chi connectivity index (χ0) is 20.9.